The Bertz CT molecular complexity index is 610. The number of H-pyrrole nitrogens is 1. The summed E-state index contributed by atoms with van der Waals surface area (Å²) in [6.07, 6.45) is 1.47. The molecule has 88 valence electrons. The van der Waals surface area contributed by atoms with Crippen LogP contribution >= 0.6 is 12.2 Å². The molecule has 0 unspecified atom stereocenters. The van der Waals surface area contributed by atoms with Crippen molar-refractivity contribution >= 4 is 12.2 Å². The predicted octanol–water partition coefficient (Wildman–Crippen LogP) is 3.26. The smallest absolute Gasteiger partial charge is 0.136 e. The first-order valence-corrected chi connectivity index (χ1v) is 5.42. The molecule has 1 aromatic heterocycles. The van der Waals surface area contributed by atoms with Gasteiger partial charge in [-0.15, -0.1) is 0 Å². The molecule has 1 heterocycles. The summed E-state index contributed by atoms with van der Waals surface area (Å²) in [7, 11) is 1.50. The van der Waals surface area contributed by atoms with Gasteiger partial charge in [-0.25, -0.2) is 9.37 Å². The Morgan fingerprint density at radius 3 is 2.82 bits per heavy atom. The van der Waals surface area contributed by atoms with Gasteiger partial charge in [0.25, 0.3) is 0 Å². The maximum absolute atomic E-state index is 13.9. The Labute approximate surface area is 103 Å². The van der Waals surface area contributed by atoms with E-state index >= 15 is 0 Å². The molecule has 0 saturated carbocycles. The van der Waals surface area contributed by atoms with Crippen LogP contribution in [-0.2, 0) is 0 Å². The SMILES string of the molecule is COc1ccc(-c2[nH]cnc(=S)c2C)c(F)c1. The molecule has 1 aromatic carbocycles. The lowest BCUT2D eigenvalue weighted by Gasteiger charge is -2.08. The van der Waals surface area contributed by atoms with E-state index in [0.29, 0.717) is 21.6 Å². The highest BCUT2D eigenvalue weighted by atomic mass is 32.1. The van der Waals surface area contributed by atoms with Crippen molar-refractivity contribution in [1.29, 1.82) is 0 Å². The lowest BCUT2D eigenvalue weighted by molar-refractivity contribution is 0.411. The molecule has 0 spiro atoms. The van der Waals surface area contributed by atoms with Crippen LogP contribution in [0.3, 0.4) is 0 Å². The number of methoxy groups -OCH3 is 1. The molecule has 0 aliphatic heterocycles. The average Bonchev–Trinajstić information content (AvgIpc) is 2.33. The van der Waals surface area contributed by atoms with Crippen LogP contribution in [0.25, 0.3) is 11.3 Å². The van der Waals surface area contributed by atoms with Gasteiger partial charge < -0.3 is 9.72 Å². The van der Waals surface area contributed by atoms with Crippen LogP contribution in [0.15, 0.2) is 24.5 Å². The van der Waals surface area contributed by atoms with E-state index in [-0.39, 0.29) is 5.82 Å². The Morgan fingerprint density at radius 1 is 1.41 bits per heavy atom. The minimum absolute atomic E-state index is 0.357. The van der Waals surface area contributed by atoms with Crippen LogP contribution in [0.4, 0.5) is 4.39 Å². The summed E-state index contributed by atoms with van der Waals surface area (Å²) in [6.45, 7) is 1.81. The average molecular weight is 250 g/mol. The fraction of sp³-hybridized carbons (Fsp3) is 0.167. The molecule has 3 nitrogen and oxygen atoms in total. The van der Waals surface area contributed by atoms with E-state index < -0.39 is 0 Å². The van der Waals surface area contributed by atoms with Gasteiger partial charge in [-0.2, -0.15) is 0 Å². The molecule has 0 bridgehead atoms. The van der Waals surface area contributed by atoms with Crippen molar-refractivity contribution in [3.63, 3.8) is 0 Å². The molecule has 0 amide bonds. The topological polar surface area (TPSA) is 37.9 Å². The first-order chi connectivity index (χ1) is 8.13. The van der Waals surface area contributed by atoms with Gasteiger partial charge in [0.15, 0.2) is 0 Å². The monoisotopic (exact) mass is 250 g/mol. The van der Waals surface area contributed by atoms with Gasteiger partial charge in [0, 0.05) is 17.2 Å². The van der Waals surface area contributed by atoms with Gasteiger partial charge in [0.2, 0.25) is 0 Å². The third-order valence-corrected chi connectivity index (χ3v) is 2.94. The molecule has 0 atom stereocenters. The Hall–Kier alpha value is -1.75. The summed E-state index contributed by atoms with van der Waals surface area (Å²) in [6, 6.07) is 4.70. The van der Waals surface area contributed by atoms with Crippen LogP contribution in [0.1, 0.15) is 5.56 Å². The highest BCUT2D eigenvalue weighted by Gasteiger charge is 2.10. The van der Waals surface area contributed by atoms with Crippen molar-refractivity contribution in [2.75, 3.05) is 7.11 Å². The summed E-state index contributed by atoms with van der Waals surface area (Å²) in [5, 5.41) is 0. The van der Waals surface area contributed by atoms with E-state index in [2.05, 4.69) is 9.97 Å². The van der Waals surface area contributed by atoms with Crippen molar-refractivity contribution in [1.82, 2.24) is 9.97 Å². The second kappa shape index (κ2) is 4.63. The highest BCUT2D eigenvalue weighted by molar-refractivity contribution is 7.71. The van der Waals surface area contributed by atoms with Crippen molar-refractivity contribution in [3.8, 4) is 17.0 Å². The summed E-state index contributed by atoms with van der Waals surface area (Å²) >= 11 is 5.05. The van der Waals surface area contributed by atoms with E-state index in [1.54, 1.807) is 12.1 Å². The molecule has 0 aliphatic rings. The van der Waals surface area contributed by atoms with Crippen LogP contribution in [-0.4, -0.2) is 17.1 Å². The third-order valence-electron chi connectivity index (χ3n) is 2.53. The quantitative estimate of drug-likeness (QED) is 0.831. The molecule has 1 N–H and O–H groups in total. The Kier molecular flexibility index (Phi) is 3.19. The summed E-state index contributed by atoms with van der Waals surface area (Å²) < 4.78 is 19.3. The number of hydrogen-bond donors (Lipinski definition) is 1. The van der Waals surface area contributed by atoms with Gasteiger partial charge in [0.1, 0.15) is 16.2 Å². The molecule has 0 radical (unpaired) electrons. The van der Waals surface area contributed by atoms with E-state index in [1.807, 2.05) is 6.92 Å². The van der Waals surface area contributed by atoms with E-state index in [0.717, 1.165) is 5.56 Å². The number of halogens is 1. The molecular formula is C12H11FN2OS. The molecule has 0 aliphatic carbocycles. The maximum Gasteiger partial charge on any atom is 0.136 e. The number of hydrogen-bond acceptors (Lipinski definition) is 3. The second-order valence-electron chi connectivity index (χ2n) is 3.55. The van der Waals surface area contributed by atoms with Gasteiger partial charge in [-0.1, -0.05) is 12.2 Å². The number of aromatic amines is 1. The number of rotatable bonds is 2. The third kappa shape index (κ3) is 2.19. The Morgan fingerprint density at radius 2 is 2.18 bits per heavy atom. The van der Waals surface area contributed by atoms with Gasteiger partial charge in [-0.3, -0.25) is 0 Å². The van der Waals surface area contributed by atoms with E-state index in [9.17, 15) is 4.39 Å². The van der Waals surface area contributed by atoms with Crippen molar-refractivity contribution in [2.24, 2.45) is 0 Å². The number of nitrogens with one attached hydrogen (secondary N) is 1. The van der Waals surface area contributed by atoms with Crippen LogP contribution in [0.5, 0.6) is 5.75 Å². The number of benzene rings is 1. The Balaban J connectivity index is 2.61. The zero-order valence-corrected chi connectivity index (χ0v) is 10.3. The summed E-state index contributed by atoms with van der Waals surface area (Å²) in [5.74, 6) is 0.126. The number of aromatic nitrogens is 2. The normalized spacial score (nSPS) is 10.3. The summed E-state index contributed by atoms with van der Waals surface area (Å²) in [4.78, 5) is 6.85. The van der Waals surface area contributed by atoms with Crippen LogP contribution in [0.2, 0.25) is 0 Å². The maximum atomic E-state index is 13.9. The van der Waals surface area contributed by atoms with Crippen molar-refractivity contribution in [3.05, 3.63) is 40.5 Å². The molecule has 17 heavy (non-hydrogen) atoms. The molecule has 0 saturated heterocycles. The van der Waals surface area contributed by atoms with E-state index in [1.165, 1.54) is 19.5 Å². The van der Waals surface area contributed by atoms with Crippen LogP contribution in [0, 0.1) is 17.4 Å². The number of ether oxygens (including phenoxy) is 1. The minimum atomic E-state index is -0.357. The lowest BCUT2D eigenvalue weighted by Crippen LogP contribution is -1.95. The highest BCUT2D eigenvalue weighted by Crippen LogP contribution is 2.26. The lowest BCUT2D eigenvalue weighted by atomic mass is 10.1. The minimum Gasteiger partial charge on any atom is -0.497 e. The summed E-state index contributed by atoms with van der Waals surface area (Å²) in [5.41, 5.74) is 1.86. The van der Waals surface area contributed by atoms with Crippen LogP contribution < -0.4 is 4.74 Å². The van der Waals surface area contributed by atoms with Gasteiger partial charge >= 0.3 is 0 Å². The first-order valence-electron chi connectivity index (χ1n) is 5.01. The molecule has 5 heteroatoms. The molecule has 0 fully saturated rings. The zero-order valence-electron chi connectivity index (χ0n) is 9.45. The number of nitrogens with zero attached hydrogens (tertiary/aromatic N) is 1. The molecule has 2 rings (SSSR count). The standard InChI is InChI=1S/C12H11FN2OS/c1-7-11(14-6-15-12(7)17)9-4-3-8(16-2)5-10(9)13/h3-6H,1-2H3,(H,14,15,17). The van der Waals surface area contributed by atoms with Gasteiger partial charge in [0.05, 0.1) is 19.1 Å². The first kappa shape index (κ1) is 11.7. The zero-order chi connectivity index (χ0) is 12.4. The fourth-order valence-electron chi connectivity index (χ4n) is 1.57. The second-order valence-corrected chi connectivity index (χ2v) is 3.94. The largest absolute Gasteiger partial charge is 0.497 e. The fourth-order valence-corrected chi connectivity index (χ4v) is 1.73. The predicted molar refractivity (Wildman–Crippen MR) is 66.1 cm³/mol. The molecular weight excluding hydrogens is 239 g/mol. The molecule has 2 aromatic rings. The van der Waals surface area contributed by atoms with Crippen molar-refractivity contribution in [2.45, 2.75) is 6.92 Å². The van der Waals surface area contributed by atoms with E-state index in [4.69, 9.17) is 17.0 Å². The van der Waals surface area contributed by atoms with Gasteiger partial charge in [-0.05, 0) is 19.1 Å². The van der Waals surface area contributed by atoms with Crippen molar-refractivity contribution < 1.29 is 9.13 Å².